The van der Waals surface area contributed by atoms with Gasteiger partial charge in [0, 0.05) is 22.0 Å². The topological polar surface area (TPSA) is 87.5 Å². The van der Waals surface area contributed by atoms with Gasteiger partial charge in [-0.3, -0.25) is 0 Å². The van der Waals surface area contributed by atoms with Crippen molar-refractivity contribution < 1.29 is 23.4 Å². The molecule has 1 aliphatic heterocycles. The third kappa shape index (κ3) is 6.86. The Balaban J connectivity index is 1.53. The van der Waals surface area contributed by atoms with Crippen LogP contribution in [0.5, 0.6) is 11.5 Å². The molecule has 0 aliphatic carbocycles. The Morgan fingerprint density at radius 3 is 2.61 bits per heavy atom. The van der Waals surface area contributed by atoms with Gasteiger partial charge < -0.3 is 19.5 Å². The van der Waals surface area contributed by atoms with Gasteiger partial charge in [-0.25, -0.2) is 13.9 Å². The largest absolute Gasteiger partial charge is 0.493 e. The zero-order valence-corrected chi connectivity index (χ0v) is 28.1. The summed E-state index contributed by atoms with van der Waals surface area (Å²) < 4.78 is 33.9. The van der Waals surface area contributed by atoms with Crippen LogP contribution in [-0.4, -0.2) is 33.9 Å². The maximum atomic E-state index is 14.4. The molecular formula is C31H28BrCl2FN4O4S. The Labute approximate surface area is 277 Å². The molecule has 230 valence electrons. The first-order valence-electron chi connectivity index (χ1n) is 13.5. The SMILES string of the molecule is COc1cc(C2C(C(=O)OC(C)C)=C(C)Nc3nc(SCc4ccccc4Cl)nn32)cc(Br)c1OCc1c(F)cccc1Cl. The van der Waals surface area contributed by atoms with Crippen molar-refractivity contribution in [2.45, 2.75) is 50.4 Å². The highest BCUT2D eigenvalue weighted by Gasteiger charge is 2.36. The summed E-state index contributed by atoms with van der Waals surface area (Å²) in [6.07, 6.45) is -0.343. The van der Waals surface area contributed by atoms with E-state index in [-0.39, 0.29) is 23.3 Å². The molecule has 0 bridgehead atoms. The third-order valence-corrected chi connectivity index (χ3v) is 8.90. The number of nitrogens with zero attached hydrogens (tertiary/aromatic N) is 3. The zero-order valence-electron chi connectivity index (χ0n) is 24.2. The van der Waals surface area contributed by atoms with Crippen LogP contribution >= 0.6 is 50.9 Å². The summed E-state index contributed by atoms with van der Waals surface area (Å²) in [5.74, 6) is 0.733. The van der Waals surface area contributed by atoms with Crippen molar-refractivity contribution in [1.82, 2.24) is 14.8 Å². The van der Waals surface area contributed by atoms with E-state index in [1.54, 1.807) is 43.7 Å². The summed E-state index contributed by atoms with van der Waals surface area (Å²) in [6, 6.07) is 14.9. The number of hydrogen-bond donors (Lipinski definition) is 1. The van der Waals surface area contributed by atoms with Gasteiger partial charge in [-0.15, -0.1) is 5.10 Å². The molecule has 0 saturated carbocycles. The second kappa shape index (κ2) is 13.8. The molecule has 0 radical (unpaired) electrons. The number of ether oxygens (including phenoxy) is 3. The van der Waals surface area contributed by atoms with Crippen molar-refractivity contribution in [3.05, 3.63) is 103 Å². The van der Waals surface area contributed by atoms with Crippen LogP contribution in [0.4, 0.5) is 10.3 Å². The van der Waals surface area contributed by atoms with E-state index >= 15 is 0 Å². The quantitative estimate of drug-likeness (QED) is 0.129. The summed E-state index contributed by atoms with van der Waals surface area (Å²) in [6.45, 7) is 5.24. The van der Waals surface area contributed by atoms with Crippen LogP contribution in [0, 0.1) is 5.82 Å². The fourth-order valence-electron chi connectivity index (χ4n) is 4.65. The first-order valence-corrected chi connectivity index (χ1v) is 16.1. The second-order valence-corrected chi connectivity index (χ2v) is 12.7. The molecule has 0 amide bonds. The predicted octanol–water partition coefficient (Wildman–Crippen LogP) is 8.61. The van der Waals surface area contributed by atoms with E-state index in [9.17, 15) is 9.18 Å². The van der Waals surface area contributed by atoms with Crippen molar-refractivity contribution in [1.29, 1.82) is 0 Å². The van der Waals surface area contributed by atoms with E-state index in [2.05, 4.69) is 21.2 Å². The van der Waals surface area contributed by atoms with Crippen LogP contribution in [0.15, 0.2) is 75.5 Å². The Bertz CT molecular complexity index is 1730. The number of methoxy groups -OCH3 is 1. The molecule has 44 heavy (non-hydrogen) atoms. The summed E-state index contributed by atoms with van der Waals surface area (Å²) in [5.41, 5.74) is 2.76. The summed E-state index contributed by atoms with van der Waals surface area (Å²) in [7, 11) is 1.50. The van der Waals surface area contributed by atoms with Crippen LogP contribution < -0.4 is 14.8 Å². The first-order chi connectivity index (χ1) is 21.1. The van der Waals surface area contributed by atoms with Gasteiger partial charge in [0.05, 0.1) is 28.3 Å². The fourth-order valence-corrected chi connectivity index (χ4v) is 6.56. The second-order valence-electron chi connectivity index (χ2n) is 10.1. The number of hydrogen-bond acceptors (Lipinski definition) is 8. The molecule has 1 N–H and O–H groups in total. The number of carbonyl (C=O) groups excluding carboxylic acids is 1. The molecule has 3 aromatic carbocycles. The van der Waals surface area contributed by atoms with Crippen molar-refractivity contribution in [3.8, 4) is 11.5 Å². The standard InChI is InChI=1S/C31H28BrCl2FN4O4S/c1-16(2)43-29(40)26-17(3)36-30-37-31(44-15-18-8-5-6-9-22(18)33)38-39(30)27(26)19-12-21(32)28(25(13-19)41-4)42-14-20-23(34)10-7-11-24(20)35/h5-13,16,27H,14-15H2,1-4H3,(H,36,37,38). The fraction of sp³-hybridized carbons (Fsp3) is 0.258. The third-order valence-electron chi connectivity index (χ3n) is 6.70. The number of carbonyl (C=O) groups is 1. The van der Waals surface area contributed by atoms with Crippen LogP contribution in [0.25, 0.3) is 0 Å². The lowest BCUT2D eigenvalue weighted by Crippen LogP contribution is -2.30. The molecule has 4 aromatic rings. The zero-order chi connectivity index (χ0) is 31.5. The predicted molar refractivity (Wildman–Crippen MR) is 173 cm³/mol. The lowest BCUT2D eigenvalue weighted by atomic mass is 9.95. The van der Waals surface area contributed by atoms with E-state index in [0.717, 1.165) is 5.56 Å². The minimum atomic E-state index is -0.722. The highest BCUT2D eigenvalue weighted by atomic mass is 79.9. The van der Waals surface area contributed by atoms with Gasteiger partial charge in [-0.2, -0.15) is 4.98 Å². The van der Waals surface area contributed by atoms with Gasteiger partial charge in [-0.05, 0) is 78.2 Å². The van der Waals surface area contributed by atoms with Gasteiger partial charge >= 0.3 is 5.97 Å². The Hall–Kier alpha value is -3.25. The van der Waals surface area contributed by atoms with Crippen LogP contribution in [0.3, 0.4) is 0 Å². The number of esters is 1. The van der Waals surface area contributed by atoms with E-state index in [4.69, 9.17) is 47.5 Å². The molecule has 2 heterocycles. The molecule has 13 heteroatoms. The molecule has 8 nitrogen and oxygen atoms in total. The van der Waals surface area contributed by atoms with E-state index in [1.165, 1.54) is 31.0 Å². The molecule has 0 saturated heterocycles. The Morgan fingerprint density at radius 2 is 1.91 bits per heavy atom. The molecule has 5 rings (SSSR count). The van der Waals surface area contributed by atoms with Crippen molar-refractivity contribution in [2.24, 2.45) is 0 Å². The first kappa shape index (κ1) is 32.2. The average molecular weight is 722 g/mol. The lowest BCUT2D eigenvalue weighted by molar-refractivity contribution is -0.143. The number of rotatable bonds is 10. The maximum absolute atomic E-state index is 14.4. The number of allylic oxidation sites excluding steroid dienone is 1. The van der Waals surface area contributed by atoms with Gasteiger partial charge in [-0.1, -0.05) is 59.2 Å². The van der Waals surface area contributed by atoms with E-state index in [1.807, 2.05) is 24.3 Å². The highest BCUT2D eigenvalue weighted by molar-refractivity contribution is 9.10. The highest BCUT2D eigenvalue weighted by Crippen LogP contribution is 2.44. The van der Waals surface area contributed by atoms with Crippen LogP contribution in [-0.2, 0) is 21.9 Å². The number of aromatic nitrogens is 3. The Morgan fingerprint density at radius 1 is 1.16 bits per heavy atom. The molecular weight excluding hydrogens is 694 g/mol. The summed E-state index contributed by atoms with van der Waals surface area (Å²) in [5, 5.41) is 9.40. The van der Waals surface area contributed by atoms with Crippen molar-refractivity contribution in [2.75, 3.05) is 12.4 Å². The van der Waals surface area contributed by atoms with Gasteiger partial charge in [0.15, 0.2) is 11.5 Å². The minimum absolute atomic E-state index is 0.128. The molecule has 0 fully saturated rings. The smallest absolute Gasteiger partial charge is 0.338 e. The van der Waals surface area contributed by atoms with Crippen molar-refractivity contribution in [3.63, 3.8) is 0 Å². The van der Waals surface area contributed by atoms with Gasteiger partial charge in [0.1, 0.15) is 18.5 Å². The van der Waals surface area contributed by atoms with E-state index in [0.29, 0.717) is 54.7 Å². The van der Waals surface area contributed by atoms with Gasteiger partial charge in [0.2, 0.25) is 11.1 Å². The molecule has 1 atom stereocenters. The summed E-state index contributed by atoms with van der Waals surface area (Å²) in [4.78, 5) is 18.2. The number of anilines is 1. The molecule has 1 unspecified atom stereocenters. The number of fused-ring (bicyclic) bond motifs is 1. The summed E-state index contributed by atoms with van der Waals surface area (Å²) >= 11 is 17.6. The number of halogens is 4. The number of thioether (sulfide) groups is 1. The van der Waals surface area contributed by atoms with E-state index < -0.39 is 17.8 Å². The minimum Gasteiger partial charge on any atom is -0.493 e. The maximum Gasteiger partial charge on any atom is 0.338 e. The number of nitrogens with one attached hydrogen (secondary N) is 1. The van der Waals surface area contributed by atoms with Crippen LogP contribution in [0.1, 0.15) is 43.5 Å². The normalized spacial score (nSPS) is 14.3. The lowest BCUT2D eigenvalue weighted by Gasteiger charge is -2.29. The monoisotopic (exact) mass is 720 g/mol. The molecule has 1 aliphatic rings. The molecule has 0 spiro atoms. The number of benzene rings is 3. The Kier molecular flexibility index (Phi) is 10.1. The van der Waals surface area contributed by atoms with Gasteiger partial charge in [0.25, 0.3) is 0 Å². The van der Waals surface area contributed by atoms with Crippen LogP contribution in [0.2, 0.25) is 10.0 Å². The van der Waals surface area contributed by atoms with Crippen molar-refractivity contribution >= 4 is 62.8 Å². The molecule has 1 aromatic heterocycles. The average Bonchev–Trinajstić information content (AvgIpc) is 3.38.